The lowest BCUT2D eigenvalue weighted by atomic mass is 10.0. The fraction of sp³-hybridized carbons (Fsp3) is 0.333. The Balaban J connectivity index is 1.84. The van der Waals surface area contributed by atoms with Gasteiger partial charge < -0.3 is 15.4 Å². The molecule has 0 saturated carbocycles. The lowest BCUT2D eigenvalue weighted by Crippen LogP contribution is -2.42. The van der Waals surface area contributed by atoms with Crippen molar-refractivity contribution >= 4 is 28.8 Å². The summed E-state index contributed by atoms with van der Waals surface area (Å²) < 4.78 is 19.7. The minimum atomic E-state index is -0.565. The zero-order valence-electron chi connectivity index (χ0n) is 12.3. The van der Waals surface area contributed by atoms with Gasteiger partial charge in [0.05, 0.1) is 18.4 Å². The molecule has 1 unspecified atom stereocenters. The Kier molecular flexibility index (Phi) is 3.78. The first-order valence-corrected chi connectivity index (χ1v) is 7.39. The van der Waals surface area contributed by atoms with Crippen LogP contribution in [0.25, 0.3) is 0 Å². The third kappa shape index (κ3) is 2.92. The van der Waals surface area contributed by atoms with Crippen molar-refractivity contribution in [1.82, 2.24) is 9.97 Å². The van der Waals surface area contributed by atoms with Crippen LogP contribution in [0.15, 0.2) is 24.4 Å². The molecular weight excluding hydrogens is 307 g/mol. The van der Waals surface area contributed by atoms with E-state index in [4.69, 9.17) is 16.3 Å². The normalized spacial score (nSPS) is 19.8. The molecule has 1 aromatic heterocycles. The summed E-state index contributed by atoms with van der Waals surface area (Å²) in [5.74, 6) is 0.252. The van der Waals surface area contributed by atoms with Crippen LogP contribution in [-0.4, -0.2) is 22.1 Å². The van der Waals surface area contributed by atoms with E-state index in [0.29, 0.717) is 12.2 Å². The van der Waals surface area contributed by atoms with E-state index in [0.717, 1.165) is 24.1 Å². The number of hydrogen-bond donors (Lipinski definition) is 2. The van der Waals surface area contributed by atoms with Gasteiger partial charge in [-0.15, -0.1) is 0 Å². The van der Waals surface area contributed by atoms with Crippen LogP contribution in [0.4, 0.5) is 21.6 Å². The highest BCUT2D eigenvalue weighted by molar-refractivity contribution is 6.28. The van der Waals surface area contributed by atoms with Crippen molar-refractivity contribution in [3.63, 3.8) is 0 Å². The zero-order valence-corrected chi connectivity index (χ0v) is 13.0. The smallest absolute Gasteiger partial charge is 0.224 e. The summed E-state index contributed by atoms with van der Waals surface area (Å²) in [4.78, 5) is 7.42. The average Bonchev–Trinajstić information content (AvgIpc) is 2.51. The fourth-order valence-electron chi connectivity index (χ4n) is 2.19. The first kappa shape index (κ1) is 14.8. The number of ether oxygens (including phenoxy) is 1. The van der Waals surface area contributed by atoms with Crippen molar-refractivity contribution in [3.8, 4) is 5.75 Å². The molecule has 7 heteroatoms. The van der Waals surface area contributed by atoms with Gasteiger partial charge in [0.25, 0.3) is 0 Å². The summed E-state index contributed by atoms with van der Waals surface area (Å²) in [6, 6.07) is 5.50. The second-order valence-electron chi connectivity index (χ2n) is 5.43. The molecule has 2 N–H and O–H groups in total. The molecule has 0 spiro atoms. The van der Waals surface area contributed by atoms with Crippen molar-refractivity contribution in [3.05, 3.63) is 35.5 Å². The molecule has 1 aliphatic rings. The molecule has 0 radical (unpaired) electrons. The van der Waals surface area contributed by atoms with Gasteiger partial charge >= 0.3 is 0 Å². The molecule has 5 nitrogen and oxygen atoms in total. The standard InChI is InChI=1S/C15H16ClFN4O/c1-3-15(2)8-19-11-6-9(4-5-12(11)22-15)20-13-10(17)7-18-14(16)21-13/h4-7,19H,3,8H2,1-2H3,(H,18,20,21). The maximum Gasteiger partial charge on any atom is 0.224 e. The maximum atomic E-state index is 13.7. The van der Waals surface area contributed by atoms with E-state index in [1.807, 2.05) is 12.1 Å². The van der Waals surface area contributed by atoms with Gasteiger partial charge in [-0.1, -0.05) is 6.92 Å². The molecule has 2 aromatic rings. The second kappa shape index (κ2) is 5.61. The average molecular weight is 323 g/mol. The number of aromatic nitrogens is 2. The Hall–Kier alpha value is -2.08. The van der Waals surface area contributed by atoms with Gasteiger partial charge in [-0.05, 0) is 43.1 Å². The molecule has 1 atom stereocenters. The number of hydrogen-bond acceptors (Lipinski definition) is 5. The predicted molar refractivity (Wildman–Crippen MR) is 84.5 cm³/mol. The Morgan fingerprint density at radius 2 is 2.32 bits per heavy atom. The molecule has 22 heavy (non-hydrogen) atoms. The molecule has 0 saturated heterocycles. The Labute approximate surface area is 132 Å². The number of nitrogens with one attached hydrogen (secondary N) is 2. The first-order chi connectivity index (χ1) is 10.5. The maximum absolute atomic E-state index is 13.7. The van der Waals surface area contributed by atoms with Gasteiger partial charge in [0, 0.05) is 5.69 Å². The molecule has 3 rings (SSSR count). The van der Waals surface area contributed by atoms with E-state index in [1.165, 1.54) is 0 Å². The largest absolute Gasteiger partial charge is 0.484 e. The lowest BCUT2D eigenvalue weighted by Gasteiger charge is -2.36. The first-order valence-electron chi connectivity index (χ1n) is 7.01. The molecule has 0 bridgehead atoms. The van der Waals surface area contributed by atoms with Crippen molar-refractivity contribution in [2.24, 2.45) is 0 Å². The predicted octanol–water partition coefficient (Wildman–Crippen LogP) is 3.99. The van der Waals surface area contributed by atoms with E-state index >= 15 is 0 Å². The van der Waals surface area contributed by atoms with Crippen LogP contribution in [0.5, 0.6) is 5.75 Å². The van der Waals surface area contributed by atoms with Crippen molar-refractivity contribution in [2.75, 3.05) is 17.2 Å². The molecule has 0 fully saturated rings. The number of benzene rings is 1. The molecule has 0 amide bonds. The third-order valence-electron chi connectivity index (χ3n) is 3.71. The Bertz CT molecular complexity index is 712. The fourth-order valence-corrected chi connectivity index (χ4v) is 2.32. The highest BCUT2D eigenvalue weighted by atomic mass is 35.5. The summed E-state index contributed by atoms with van der Waals surface area (Å²) in [6.07, 6.45) is 1.94. The van der Waals surface area contributed by atoms with Crippen molar-refractivity contribution < 1.29 is 9.13 Å². The number of anilines is 3. The quantitative estimate of drug-likeness (QED) is 0.837. The van der Waals surface area contributed by atoms with Crippen LogP contribution in [0.2, 0.25) is 5.28 Å². The van der Waals surface area contributed by atoms with Gasteiger partial charge in [0.15, 0.2) is 11.6 Å². The molecule has 116 valence electrons. The van der Waals surface area contributed by atoms with Crippen molar-refractivity contribution in [1.29, 1.82) is 0 Å². The zero-order chi connectivity index (χ0) is 15.7. The van der Waals surface area contributed by atoms with Gasteiger partial charge in [0.2, 0.25) is 5.28 Å². The highest BCUT2D eigenvalue weighted by Crippen LogP contribution is 2.36. The molecule has 1 aliphatic heterocycles. The highest BCUT2D eigenvalue weighted by Gasteiger charge is 2.29. The van der Waals surface area contributed by atoms with Crippen LogP contribution in [0.1, 0.15) is 20.3 Å². The van der Waals surface area contributed by atoms with Gasteiger partial charge in [-0.25, -0.2) is 9.37 Å². The number of fused-ring (bicyclic) bond motifs is 1. The van der Waals surface area contributed by atoms with Gasteiger partial charge in [-0.2, -0.15) is 4.98 Å². The van der Waals surface area contributed by atoms with Crippen LogP contribution >= 0.6 is 11.6 Å². The molecule has 2 heterocycles. The Morgan fingerprint density at radius 1 is 1.50 bits per heavy atom. The van der Waals surface area contributed by atoms with Crippen LogP contribution in [0, 0.1) is 5.82 Å². The van der Waals surface area contributed by atoms with Crippen LogP contribution in [-0.2, 0) is 0 Å². The minimum absolute atomic E-state index is 0.0120. The summed E-state index contributed by atoms with van der Waals surface area (Å²) >= 11 is 5.68. The number of halogens is 2. The Morgan fingerprint density at radius 3 is 3.09 bits per heavy atom. The third-order valence-corrected chi connectivity index (χ3v) is 3.90. The summed E-state index contributed by atoms with van der Waals surface area (Å²) in [7, 11) is 0. The van der Waals surface area contributed by atoms with Crippen LogP contribution in [0.3, 0.4) is 0 Å². The molecule has 1 aromatic carbocycles. The molecule has 0 aliphatic carbocycles. The van der Waals surface area contributed by atoms with E-state index in [-0.39, 0.29) is 16.7 Å². The number of rotatable bonds is 3. The van der Waals surface area contributed by atoms with E-state index < -0.39 is 5.82 Å². The molecular formula is C15H16ClFN4O. The second-order valence-corrected chi connectivity index (χ2v) is 5.77. The van der Waals surface area contributed by atoms with Crippen molar-refractivity contribution in [2.45, 2.75) is 25.9 Å². The van der Waals surface area contributed by atoms with E-state index in [1.54, 1.807) is 6.07 Å². The van der Waals surface area contributed by atoms with E-state index in [9.17, 15) is 4.39 Å². The summed E-state index contributed by atoms with van der Waals surface area (Å²) in [6.45, 7) is 4.87. The minimum Gasteiger partial charge on any atom is -0.484 e. The van der Waals surface area contributed by atoms with E-state index in [2.05, 4.69) is 34.4 Å². The number of nitrogens with zero attached hydrogens (tertiary/aromatic N) is 2. The SMILES string of the molecule is CCC1(C)CNc2cc(Nc3nc(Cl)ncc3F)ccc2O1. The van der Waals surface area contributed by atoms with Crippen LogP contribution < -0.4 is 15.4 Å². The summed E-state index contributed by atoms with van der Waals surface area (Å²) in [5.41, 5.74) is 1.33. The topological polar surface area (TPSA) is 59.1 Å². The summed E-state index contributed by atoms with van der Waals surface area (Å²) in [5, 5.41) is 6.22. The van der Waals surface area contributed by atoms with Gasteiger partial charge in [0.1, 0.15) is 11.4 Å². The monoisotopic (exact) mass is 322 g/mol. The lowest BCUT2D eigenvalue weighted by molar-refractivity contribution is 0.0912. The van der Waals surface area contributed by atoms with Gasteiger partial charge in [-0.3, -0.25) is 0 Å².